The Labute approximate surface area is 150 Å². The number of aromatic amines is 1. The maximum Gasteiger partial charge on any atom is 0.270 e. The van der Waals surface area contributed by atoms with Gasteiger partial charge in [0.25, 0.3) is 5.56 Å². The number of hydrogen-bond donors (Lipinski definition) is 1. The molecule has 130 valence electrons. The van der Waals surface area contributed by atoms with Crippen molar-refractivity contribution in [2.45, 2.75) is 30.7 Å². The van der Waals surface area contributed by atoms with Crippen LogP contribution in [0.15, 0.2) is 34.2 Å². The lowest BCUT2D eigenvalue weighted by atomic mass is 10.0. The Balaban J connectivity index is 1.89. The van der Waals surface area contributed by atoms with Gasteiger partial charge in [-0.05, 0) is 24.7 Å². The zero-order valence-corrected chi connectivity index (χ0v) is 14.8. The Morgan fingerprint density at radius 2 is 2.32 bits per heavy atom. The van der Waals surface area contributed by atoms with Gasteiger partial charge in [0.1, 0.15) is 11.6 Å². The van der Waals surface area contributed by atoms with Gasteiger partial charge in [0.15, 0.2) is 5.16 Å². The minimum Gasteiger partial charge on any atom is -0.376 e. The Bertz CT molecular complexity index is 838. The zero-order valence-electron chi connectivity index (χ0n) is 13.9. The van der Waals surface area contributed by atoms with Crippen molar-refractivity contribution in [3.63, 3.8) is 0 Å². The third kappa shape index (κ3) is 4.10. The number of nitrogens with one attached hydrogen (secondary N) is 1. The SMILES string of the molecule is CSc1nc(-c2ccccc2COCC2CCCO2)c(C#N)c(=O)[nH]1. The van der Waals surface area contributed by atoms with Gasteiger partial charge in [-0.1, -0.05) is 36.0 Å². The molecule has 0 spiro atoms. The van der Waals surface area contributed by atoms with Crippen molar-refractivity contribution < 1.29 is 9.47 Å². The standard InChI is InChI=1S/C18H19N3O3S/c1-25-18-20-16(15(9-19)17(22)21-18)14-7-3-2-5-12(14)10-23-11-13-6-4-8-24-13/h2-3,5,7,13H,4,6,8,10-11H2,1H3,(H,20,21,22). The fourth-order valence-corrected chi connectivity index (χ4v) is 3.18. The van der Waals surface area contributed by atoms with Crippen LogP contribution >= 0.6 is 11.8 Å². The molecule has 1 fully saturated rings. The van der Waals surface area contributed by atoms with E-state index in [1.54, 1.807) is 0 Å². The number of nitriles is 1. The van der Waals surface area contributed by atoms with Crippen LogP contribution in [0.1, 0.15) is 24.0 Å². The van der Waals surface area contributed by atoms with Gasteiger partial charge in [0, 0.05) is 12.2 Å². The molecule has 1 unspecified atom stereocenters. The lowest BCUT2D eigenvalue weighted by Crippen LogP contribution is -2.16. The highest BCUT2D eigenvalue weighted by Gasteiger charge is 2.18. The third-order valence-corrected chi connectivity index (χ3v) is 4.64. The number of nitrogens with zero attached hydrogens (tertiary/aromatic N) is 2. The second kappa shape index (κ2) is 8.30. The molecule has 6 nitrogen and oxygen atoms in total. The molecule has 1 aliphatic heterocycles. The second-order valence-corrected chi connectivity index (χ2v) is 6.51. The zero-order chi connectivity index (χ0) is 17.6. The first-order valence-electron chi connectivity index (χ1n) is 8.09. The van der Waals surface area contributed by atoms with E-state index < -0.39 is 5.56 Å². The molecule has 0 bridgehead atoms. The van der Waals surface area contributed by atoms with E-state index in [1.807, 2.05) is 36.6 Å². The molecule has 0 radical (unpaired) electrons. The molecule has 1 N–H and O–H groups in total. The average molecular weight is 357 g/mol. The first kappa shape index (κ1) is 17.7. The van der Waals surface area contributed by atoms with Crippen LogP contribution in [0.2, 0.25) is 0 Å². The van der Waals surface area contributed by atoms with Gasteiger partial charge in [-0.15, -0.1) is 0 Å². The molecule has 2 heterocycles. The number of aromatic nitrogens is 2. The topological polar surface area (TPSA) is 88.0 Å². The lowest BCUT2D eigenvalue weighted by Gasteiger charge is -2.13. The van der Waals surface area contributed by atoms with E-state index in [0.29, 0.717) is 24.1 Å². The molecule has 1 aliphatic rings. The summed E-state index contributed by atoms with van der Waals surface area (Å²) < 4.78 is 11.4. The van der Waals surface area contributed by atoms with E-state index in [4.69, 9.17) is 9.47 Å². The van der Waals surface area contributed by atoms with Gasteiger partial charge in [-0.25, -0.2) is 4.98 Å². The largest absolute Gasteiger partial charge is 0.376 e. The Morgan fingerprint density at radius 3 is 3.04 bits per heavy atom. The molecule has 0 saturated carbocycles. The summed E-state index contributed by atoms with van der Waals surface area (Å²) in [5.74, 6) is 0. The summed E-state index contributed by atoms with van der Waals surface area (Å²) in [5.41, 5.74) is 1.62. The van der Waals surface area contributed by atoms with Gasteiger partial charge in [-0.3, -0.25) is 4.79 Å². The molecular weight excluding hydrogens is 338 g/mol. The first-order valence-corrected chi connectivity index (χ1v) is 9.31. The molecule has 2 aromatic rings. The summed E-state index contributed by atoms with van der Waals surface area (Å²) in [6, 6.07) is 9.52. The van der Waals surface area contributed by atoms with Crippen LogP contribution in [0.4, 0.5) is 0 Å². The molecule has 0 amide bonds. The molecule has 1 saturated heterocycles. The van der Waals surface area contributed by atoms with E-state index >= 15 is 0 Å². The number of rotatable bonds is 6. The highest BCUT2D eigenvalue weighted by Crippen LogP contribution is 2.26. The minimum atomic E-state index is -0.424. The molecule has 1 aromatic heterocycles. The van der Waals surface area contributed by atoms with Crippen LogP contribution in [-0.4, -0.2) is 35.5 Å². The quantitative estimate of drug-likeness (QED) is 0.632. The van der Waals surface area contributed by atoms with Gasteiger partial charge in [0.2, 0.25) is 0 Å². The molecule has 3 rings (SSSR count). The Kier molecular flexibility index (Phi) is 5.87. The highest BCUT2D eigenvalue weighted by molar-refractivity contribution is 7.98. The summed E-state index contributed by atoms with van der Waals surface area (Å²) in [6.45, 7) is 1.71. The molecular formula is C18H19N3O3S. The van der Waals surface area contributed by atoms with Crippen molar-refractivity contribution in [2.75, 3.05) is 19.5 Å². The minimum absolute atomic E-state index is 0.0179. The van der Waals surface area contributed by atoms with Gasteiger partial charge in [-0.2, -0.15) is 5.26 Å². The summed E-state index contributed by atoms with van der Waals surface area (Å²) in [5, 5.41) is 9.85. The van der Waals surface area contributed by atoms with Gasteiger partial charge < -0.3 is 14.5 Å². The first-order chi connectivity index (χ1) is 12.2. The van der Waals surface area contributed by atoms with E-state index in [0.717, 1.165) is 30.6 Å². The predicted molar refractivity (Wildman–Crippen MR) is 95.4 cm³/mol. The van der Waals surface area contributed by atoms with E-state index in [9.17, 15) is 10.1 Å². The summed E-state index contributed by atoms with van der Waals surface area (Å²) in [7, 11) is 0. The Morgan fingerprint density at radius 1 is 1.48 bits per heavy atom. The third-order valence-electron chi connectivity index (χ3n) is 4.06. The van der Waals surface area contributed by atoms with Gasteiger partial charge >= 0.3 is 0 Å². The van der Waals surface area contributed by atoms with Crippen molar-refractivity contribution >= 4 is 11.8 Å². The van der Waals surface area contributed by atoms with Crippen LogP contribution in [0.25, 0.3) is 11.3 Å². The van der Waals surface area contributed by atoms with Crippen molar-refractivity contribution in [1.82, 2.24) is 9.97 Å². The maximum absolute atomic E-state index is 12.1. The van der Waals surface area contributed by atoms with Crippen molar-refractivity contribution in [3.05, 3.63) is 45.7 Å². The summed E-state index contributed by atoms with van der Waals surface area (Å²) >= 11 is 1.33. The molecule has 1 atom stereocenters. The Hall–Kier alpha value is -2.14. The van der Waals surface area contributed by atoms with Crippen LogP contribution in [-0.2, 0) is 16.1 Å². The molecule has 1 aromatic carbocycles. The van der Waals surface area contributed by atoms with E-state index in [-0.39, 0.29) is 11.7 Å². The van der Waals surface area contributed by atoms with E-state index in [2.05, 4.69) is 9.97 Å². The number of hydrogen-bond acceptors (Lipinski definition) is 6. The fraction of sp³-hybridized carbons (Fsp3) is 0.389. The fourth-order valence-electron chi connectivity index (χ4n) is 2.80. The molecule has 0 aliphatic carbocycles. The van der Waals surface area contributed by atoms with Crippen LogP contribution in [0.3, 0.4) is 0 Å². The van der Waals surface area contributed by atoms with Crippen LogP contribution < -0.4 is 5.56 Å². The van der Waals surface area contributed by atoms with Gasteiger partial charge in [0.05, 0.1) is 25.0 Å². The summed E-state index contributed by atoms with van der Waals surface area (Å²) in [4.78, 5) is 19.2. The smallest absolute Gasteiger partial charge is 0.270 e. The van der Waals surface area contributed by atoms with Crippen molar-refractivity contribution in [1.29, 1.82) is 5.26 Å². The summed E-state index contributed by atoms with van der Waals surface area (Å²) in [6.07, 6.45) is 4.07. The number of H-pyrrole nitrogens is 1. The second-order valence-electron chi connectivity index (χ2n) is 5.72. The van der Waals surface area contributed by atoms with Crippen molar-refractivity contribution in [3.8, 4) is 17.3 Å². The highest BCUT2D eigenvalue weighted by atomic mass is 32.2. The number of benzene rings is 1. The monoisotopic (exact) mass is 357 g/mol. The molecule has 25 heavy (non-hydrogen) atoms. The maximum atomic E-state index is 12.1. The van der Waals surface area contributed by atoms with Crippen LogP contribution in [0, 0.1) is 11.3 Å². The average Bonchev–Trinajstić information content (AvgIpc) is 3.15. The number of ether oxygens (including phenoxy) is 2. The number of thioether (sulfide) groups is 1. The van der Waals surface area contributed by atoms with E-state index in [1.165, 1.54) is 11.8 Å². The van der Waals surface area contributed by atoms with Crippen LogP contribution in [0.5, 0.6) is 0 Å². The van der Waals surface area contributed by atoms with Crippen molar-refractivity contribution in [2.24, 2.45) is 0 Å². The lowest BCUT2D eigenvalue weighted by molar-refractivity contribution is 0.0107. The predicted octanol–water partition coefficient (Wildman–Crippen LogP) is 2.73. The normalized spacial score (nSPS) is 16.7. The molecule has 7 heteroatoms.